The number of aryl methyl sites for hydroxylation is 1. The molecule has 6 heteroatoms. The molecule has 5 nitrogen and oxygen atoms in total. The van der Waals surface area contributed by atoms with E-state index in [2.05, 4.69) is 5.32 Å². The van der Waals surface area contributed by atoms with Gasteiger partial charge in [0.1, 0.15) is 10.6 Å². The summed E-state index contributed by atoms with van der Waals surface area (Å²) >= 11 is 1.04. The van der Waals surface area contributed by atoms with Gasteiger partial charge >= 0.3 is 5.97 Å². The first-order valence-electron chi connectivity index (χ1n) is 5.80. The highest BCUT2D eigenvalue weighted by Crippen LogP contribution is 2.27. The third kappa shape index (κ3) is 2.97. The van der Waals surface area contributed by atoms with Gasteiger partial charge in [0, 0.05) is 5.56 Å². The first kappa shape index (κ1) is 14.1. The van der Waals surface area contributed by atoms with Crippen LogP contribution in [-0.4, -0.2) is 24.1 Å². The van der Waals surface area contributed by atoms with Gasteiger partial charge in [-0.2, -0.15) is 0 Å². The van der Waals surface area contributed by atoms with Gasteiger partial charge in [0.15, 0.2) is 0 Å². The standard InChI is InChI=1S/C14H13NO4S/c1-8-6-11(20-12(8)14(17)18)15-13(16)9-4-3-5-10(7-9)19-2/h3-7H,1-2H3,(H,15,16)(H,17,18). The molecule has 2 N–H and O–H groups in total. The molecular formula is C14H13NO4S. The number of anilines is 1. The highest BCUT2D eigenvalue weighted by Gasteiger charge is 2.14. The normalized spacial score (nSPS) is 10.1. The first-order valence-corrected chi connectivity index (χ1v) is 6.62. The van der Waals surface area contributed by atoms with E-state index in [0.29, 0.717) is 21.9 Å². The maximum absolute atomic E-state index is 12.1. The lowest BCUT2D eigenvalue weighted by Gasteiger charge is -2.04. The molecule has 2 aromatic rings. The van der Waals surface area contributed by atoms with Gasteiger partial charge in [-0.05, 0) is 36.8 Å². The molecule has 0 bridgehead atoms. The quantitative estimate of drug-likeness (QED) is 0.908. The lowest BCUT2D eigenvalue weighted by molar-refractivity contribution is 0.0701. The Balaban J connectivity index is 2.19. The number of nitrogens with one attached hydrogen (secondary N) is 1. The number of hydrogen-bond donors (Lipinski definition) is 2. The molecule has 0 aliphatic carbocycles. The summed E-state index contributed by atoms with van der Waals surface area (Å²) in [6, 6.07) is 8.39. The maximum atomic E-state index is 12.1. The van der Waals surface area contributed by atoms with Crippen LogP contribution in [0.4, 0.5) is 5.00 Å². The fraction of sp³-hybridized carbons (Fsp3) is 0.143. The predicted molar refractivity (Wildman–Crippen MR) is 77.0 cm³/mol. The summed E-state index contributed by atoms with van der Waals surface area (Å²) in [5, 5.41) is 12.2. The van der Waals surface area contributed by atoms with Gasteiger partial charge in [-0.3, -0.25) is 4.79 Å². The number of benzene rings is 1. The van der Waals surface area contributed by atoms with Gasteiger partial charge in [-0.25, -0.2) is 4.79 Å². The second kappa shape index (κ2) is 5.75. The minimum Gasteiger partial charge on any atom is -0.497 e. The third-order valence-corrected chi connectivity index (χ3v) is 3.82. The van der Waals surface area contributed by atoms with E-state index in [-0.39, 0.29) is 10.8 Å². The zero-order valence-electron chi connectivity index (χ0n) is 11.0. The molecule has 0 aliphatic rings. The van der Waals surface area contributed by atoms with E-state index in [1.807, 2.05) is 0 Å². The highest BCUT2D eigenvalue weighted by molar-refractivity contribution is 7.18. The minimum absolute atomic E-state index is 0.228. The minimum atomic E-state index is -0.991. The van der Waals surface area contributed by atoms with Crippen molar-refractivity contribution >= 4 is 28.2 Å². The second-order valence-corrected chi connectivity index (χ2v) is 5.17. The van der Waals surface area contributed by atoms with Crippen molar-refractivity contribution in [1.29, 1.82) is 0 Å². The zero-order valence-corrected chi connectivity index (χ0v) is 11.8. The number of aromatic carboxylic acids is 1. The molecule has 0 unspecified atom stereocenters. The van der Waals surface area contributed by atoms with Crippen molar-refractivity contribution in [3.05, 3.63) is 46.3 Å². The number of thiophene rings is 1. The Kier molecular flexibility index (Phi) is 4.05. The van der Waals surface area contributed by atoms with Crippen molar-refractivity contribution in [3.8, 4) is 5.75 Å². The Morgan fingerprint density at radius 1 is 1.30 bits per heavy atom. The smallest absolute Gasteiger partial charge is 0.346 e. The van der Waals surface area contributed by atoms with E-state index in [9.17, 15) is 9.59 Å². The van der Waals surface area contributed by atoms with Gasteiger partial charge in [0.05, 0.1) is 12.1 Å². The molecule has 1 aromatic heterocycles. The number of carbonyl (C=O) groups excluding carboxylic acids is 1. The van der Waals surface area contributed by atoms with E-state index in [0.717, 1.165) is 11.3 Å². The van der Waals surface area contributed by atoms with Crippen molar-refractivity contribution in [3.63, 3.8) is 0 Å². The predicted octanol–water partition coefficient (Wildman–Crippen LogP) is 3.02. The largest absolute Gasteiger partial charge is 0.497 e. The molecule has 2 rings (SSSR count). The lowest BCUT2D eigenvalue weighted by Crippen LogP contribution is -2.10. The van der Waals surface area contributed by atoms with E-state index in [4.69, 9.17) is 9.84 Å². The summed E-state index contributed by atoms with van der Waals surface area (Å²) in [5.41, 5.74) is 1.08. The van der Waals surface area contributed by atoms with Crippen molar-refractivity contribution < 1.29 is 19.4 Å². The van der Waals surface area contributed by atoms with Crippen molar-refractivity contribution in [1.82, 2.24) is 0 Å². The van der Waals surface area contributed by atoms with Gasteiger partial charge in [-0.1, -0.05) is 6.07 Å². The number of carboxylic acids is 1. The summed E-state index contributed by atoms with van der Waals surface area (Å²) in [5.74, 6) is -0.706. The monoisotopic (exact) mass is 291 g/mol. The Labute approximate surface area is 119 Å². The van der Waals surface area contributed by atoms with Crippen molar-refractivity contribution in [2.75, 3.05) is 12.4 Å². The van der Waals surface area contributed by atoms with E-state index in [1.54, 1.807) is 37.3 Å². The van der Waals surface area contributed by atoms with Gasteiger partial charge < -0.3 is 15.2 Å². The third-order valence-electron chi connectivity index (χ3n) is 2.68. The molecule has 1 amide bonds. The molecule has 0 fully saturated rings. The van der Waals surface area contributed by atoms with Crippen LogP contribution >= 0.6 is 11.3 Å². The van der Waals surface area contributed by atoms with E-state index in [1.165, 1.54) is 7.11 Å². The summed E-state index contributed by atoms with van der Waals surface area (Å²) < 4.78 is 5.05. The molecule has 1 aromatic carbocycles. The lowest BCUT2D eigenvalue weighted by atomic mass is 10.2. The molecule has 0 aliphatic heterocycles. The number of carboxylic acid groups (broad SMARTS) is 1. The number of ether oxygens (including phenoxy) is 1. The van der Waals surface area contributed by atoms with Gasteiger partial charge in [0.2, 0.25) is 0 Å². The van der Waals surface area contributed by atoms with Crippen molar-refractivity contribution in [2.24, 2.45) is 0 Å². The molecule has 1 heterocycles. The topological polar surface area (TPSA) is 75.6 Å². The van der Waals surface area contributed by atoms with Crippen LogP contribution in [0.5, 0.6) is 5.75 Å². The van der Waals surface area contributed by atoms with Crippen LogP contribution in [0.3, 0.4) is 0 Å². The molecule has 0 radical (unpaired) electrons. The summed E-state index contributed by atoms with van der Waals surface area (Å²) in [6.45, 7) is 1.70. The van der Waals surface area contributed by atoms with E-state index >= 15 is 0 Å². The summed E-state index contributed by atoms with van der Waals surface area (Å²) in [6.07, 6.45) is 0. The number of carbonyl (C=O) groups is 2. The molecule has 0 saturated heterocycles. The van der Waals surface area contributed by atoms with Crippen LogP contribution in [0.2, 0.25) is 0 Å². The Bertz CT molecular complexity index is 663. The molecule has 0 atom stereocenters. The summed E-state index contributed by atoms with van der Waals surface area (Å²) in [7, 11) is 1.53. The number of rotatable bonds is 4. The average Bonchev–Trinajstić information content (AvgIpc) is 2.79. The molecule has 0 spiro atoms. The SMILES string of the molecule is COc1cccc(C(=O)Nc2cc(C)c(C(=O)O)s2)c1. The fourth-order valence-corrected chi connectivity index (χ4v) is 2.61. The zero-order chi connectivity index (χ0) is 14.7. The van der Waals surface area contributed by atoms with Crippen LogP contribution in [-0.2, 0) is 0 Å². The number of methoxy groups -OCH3 is 1. The maximum Gasteiger partial charge on any atom is 0.346 e. The highest BCUT2D eigenvalue weighted by atomic mass is 32.1. The Morgan fingerprint density at radius 2 is 2.05 bits per heavy atom. The van der Waals surface area contributed by atoms with Gasteiger partial charge in [-0.15, -0.1) is 11.3 Å². The molecule has 20 heavy (non-hydrogen) atoms. The molecule has 0 saturated carbocycles. The van der Waals surface area contributed by atoms with Crippen LogP contribution in [0.15, 0.2) is 30.3 Å². The molecular weight excluding hydrogens is 278 g/mol. The molecule has 104 valence electrons. The summed E-state index contributed by atoms with van der Waals surface area (Å²) in [4.78, 5) is 23.2. The van der Waals surface area contributed by atoms with Crippen molar-refractivity contribution in [2.45, 2.75) is 6.92 Å². The second-order valence-electron chi connectivity index (χ2n) is 4.11. The number of hydrogen-bond acceptors (Lipinski definition) is 4. The first-order chi connectivity index (χ1) is 9.51. The van der Waals surface area contributed by atoms with Crippen LogP contribution < -0.4 is 10.1 Å². The fourth-order valence-electron chi connectivity index (χ4n) is 1.70. The van der Waals surface area contributed by atoms with E-state index < -0.39 is 5.97 Å². The Morgan fingerprint density at radius 3 is 2.65 bits per heavy atom. The van der Waals surface area contributed by atoms with Gasteiger partial charge in [0.25, 0.3) is 5.91 Å². The average molecular weight is 291 g/mol. The van der Waals surface area contributed by atoms with Crippen LogP contribution in [0.25, 0.3) is 0 Å². The number of amides is 1. The van der Waals surface area contributed by atoms with Crippen LogP contribution in [0.1, 0.15) is 25.6 Å². The van der Waals surface area contributed by atoms with Crippen LogP contribution in [0, 0.1) is 6.92 Å². The Hall–Kier alpha value is -2.34.